The molecule has 2 N–H and O–H groups in total. The van der Waals surface area contributed by atoms with E-state index in [1.54, 1.807) is 13.0 Å². The Hall–Kier alpha value is -1.91. The smallest absolute Gasteiger partial charge is 0.756 e. The monoisotopic (exact) mass is 1430 g/mol. The van der Waals surface area contributed by atoms with E-state index in [4.69, 9.17) is 46.2 Å². The van der Waals surface area contributed by atoms with Gasteiger partial charge in [0.25, 0.3) is 15.6 Å². The van der Waals surface area contributed by atoms with Gasteiger partial charge in [-0.15, -0.1) is 0 Å². The number of phenols is 1. The number of aromatic hydroxyl groups is 1. The second kappa shape index (κ2) is 60.5. The Kier molecular flexibility index (Phi) is 59.3. The number of benzene rings is 1. The van der Waals surface area contributed by atoms with E-state index in [0.717, 1.165) is 109 Å². The molecule has 5 unspecified atom stereocenters. The molecule has 25 heteroatoms. The first kappa shape index (κ1) is 95.1. The maximum atomic E-state index is 12.8. The van der Waals surface area contributed by atoms with Gasteiger partial charge >= 0.3 is 83.0 Å². The van der Waals surface area contributed by atoms with Crippen molar-refractivity contribution >= 4 is 50.5 Å². The molecule has 0 saturated carbocycles. The van der Waals surface area contributed by atoms with Crippen LogP contribution in [0.3, 0.4) is 0 Å². The summed E-state index contributed by atoms with van der Waals surface area (Å²) in [7, 11) is -10.4. The number of aryl methyl sites for hydroxylation is 1. The fourth-order valence-corrected chi connectivity index (χ4v) is 12.5. The molecule has 5 atom stereocenters. The van der Waals surface area contributed by atoms with Gasteiger partial charge in [0.05, 0.1) is 33.0 Å². The predicted molar refractivity (Wildman–Crippen MR) is 366 cm³/mol. The third-order valence-corrected chi connectivity index (χ3v) is 18.5. The SMILES string of the molecule is CCCCCCCCCCCC(=O)OCC(COP(=O)([O-])OCC(O)COP(=O)([O-])OCC(COC(=O)CCCCCCCCCCC)OC(=O)CCCCCCCCCCC)OC(=O)CCCCCCCCCCC.Cc1cc(=O)c2c(O)c3c(cc2o1)OCC(C)CC3.[Na+].[Na+]. The van der Waals surface area contributed by atoms with E-state index >= 15 is 0 Å². The molecular formula is C72H124Na2O21P2. The first-order chi connectivity index (χ1) is 45.7. The van der Waals surface area contributed by atoms with Gasteiger partial charge in [-0.2, -0.15) is 0 Å². The van der Waals surface area contributed by atoms with Crippen molar-refractivity contribution in [1.29, 1.82) is 0 Å². The Morgan fingerprint density at radius 2 is 0.825 bits per heavy atom. The van der Waals surface area contributed by atoms with Crippen molar-refractivity contribution < 1.29 is 154 Å². The van der Waals surface area contributed by atoms with Crippen LogP contribution < -0.4 is 79.1 Å². The summed E-state index contributed by atoms with van der Waals surface area (Å²) in [6, 6.07) is 3.12. The zero-order valence-corrected chi connectivity index (χ0v) is 66.9. The number of unbranched alkanes of at least 4 members (excludes halogenated alkanes) is 32. The van der Waals surface area contributed by atoms with Crippen molar-refractivity contribution in [3.8, 4) is 11.5 Å². The molecule has 3 rings (SSSR count). The van der Waals surface area contributed by atoms with E-state index in [2.05, 4.69) is 34.6 Å². The summed E-state index contributed by atoms with van der Waals surface area (Å²) in [6.45, 7) is 8.80. The topological polar surface area (TPSA) is 302 Å². The van der Waals surface area contributed by atoms with Crippen molar-refractivity contribution in [3.05, 3.63) is 33.7 Å². The van der Waals surface area contributed by atoms with Crippen molar-refractivity contribution in [2.24, 2.45) is 5.92 Å². The molecule has 0 fully saturated rings. The molecule has 2 aromatic rings. The van der Waals surface area contributed by atoms with Gasteiger partial charge in [0.15, 0.2) is 17.6 Å². The van der Waals surface area contributed by atoms with Gasteiger partial charge in [0.2, 0.25) is 0 Å². The van der Waals surface area contributed by atoms with Crippen LogP contribution >= 0.6 is 15.6 Å². The number of carbonyl (C=O) groups excluding carboxylic acids is 4. The van der Waals surface area contributed by atoms with E-state index in [-0.39, 0.29) is 101 Å². The van der Waals surface area contributed by atoms with Crippen LogP contribution in [-0.4, -0.2) is 98.7 Å². The zero-order valence-electron chi connectivity index (χ0n) is 61.2. The second-order valence-corrected chi connectivity index (χ2v) is 28.7. The fourth-order valence-electron chi connectivity index (χ4n) is 10.9. The first-order valence-corrected chi connectivity index (χ1v) is 39.6. The molecule has 1 aromatic heterocycles. The fraction of sp³-hybridized carbons (Fsp3) is 0.819. The maximum Gasteiger partial charge on any atom is 1.00 e. The number of aliphatic hydroxyl groups excluding tert-OH is 1. The van der Waals surface area contributed by atoms with Crippen LogP contribution in [0.4, 0.5) is 0 Å². The molecule has 1 aromatic carbocycles. The van der Waals surface area contributed by atoms with Crippen molar-refractivity contribution in [1.82, 2.24) is 0 Å². The van der Waals surface area contributed by atoms with Gasteiger partial charge in [0, 0.05) is 43.4 Å². The van der Waals surface area contributed by atoms with E-state index in [0.29, 0.717) is 67.3 Å². The number of phosphoric ester groups is 2. The van der Waals surface area contributed by atoms with Crippen molar-refractivity contribution in [2.45, 2.75) is 330 Å². The Bertz CT molecular complexity index is 2410. The van der Waals surface area contributed by atoms with Gasteiger partial charge in [-0.3, -0.25) is 33.1 Å². The summed E-state index contributed by atoms with van der Waals surface area (Å²) in [6.07, 6.45) is 35.9. The Balaban J connectivity index is 0.00000369. The molecule has 97 heavy (non-hydrogen) atoms. The van der Waals surface area contributed by atoms with E-state index in [9.17, 15) is 53.1 Å². The maximum absolute atomic E-state index is 12.8. The van der Waals surface area contributed by atoms with E-state index in [1.165, 1.54) is 109 Å². The normalized spacial score (nSPS) is 14.9. The molecule has 550 valence electrons. The zero-order chi connectivity index (χ0) is 69.8. The molecular weight excluding hydrogens is 1310 g/mol. The quantitative estimate of drug-likeness (QED) is 0.0204. The number of aliphatic hydroxyl groups is 1. The minimum Gasteiger partial charge on any atom is -0.756 e. The van der Waals surface area contributed by atoms with E-state index in [1.807, 2.05) is 0 Å². The van der Waals surface area contributed by atoms with Gasteiger partial charge in [-0.25, -0.2) is 0 Å². The van der Waals surface area contributed by atoms with E-state index < -0.39 is 97.5 Å². The Morgan fingerprint density at radius 3 is 1.18 bits per heavy atom. The minimum atomic E-state index is -5.20. The first-order valence-electron chi connectivity index (χ1n) is 36.7. The molecule has 21 nitrogen and oxygen atoms in total. The van der Waals surface area contributed by atoms with Crippen LogP contribution in [0.2, 0.25) is 0 Å². The number of hydrogen-bond acceptors (Lipinski definition) is 21. The van der Waals surface area contributed by atoms with Crippen molar-refractivity contribution in [2.75, 3.05) is 46.2 Å². The average molecular weight is 1430 g/mol. The number of fused-ring (bicyclic) bond motifs is 2. The van der Waals surface area contributed by atoms with Crippen LogP contribution in [0.15, 0.2) is 21.3 Å². The molecule has 1 aliphatic heterocycles. The van der Waals surface area contributed by atoms with Gasteiger partial charge < -0.3 is 66.2 Å². The summed E-state index contributed by atoms with van der Waals surface area (Å²) < 4.78 is 77.9. The third-order valence-electron chi connectivity index (χ3n) is 16.7. The predicted octanol–water partition coefficient (Wildman–Crippen LogP) is 10.7. The number of rotatable bonds is 58. The third kappa shape index (κ3) is 50.2. The summed E-state index contributed by atoms with van der Waals surface area (Å²) >= 11 is 0. The standard InChI is InChI=1S/C57H110O17P2.C15H16O4.2Na/c1-5-9-13-17-21-25-29-33-37-41-54(59)67-47-52(73-56(61)43-39-35-31-27-23-19-15-11-7-3)49-71-75(63,64)69-45-51(58)46-70-76(65,66)72-50-53(74-57(62)44-40-36-32-28-24-20-16-12-8-4)48-68-55(60)42-38-34-30-26-22-18-14-10-6-2;1-8-3-4-10-12(18-7-8)6-13-14(15(10)17)11(16)5-9(2)19-13;;/h51-53,58H,5-50H2,1-4H3,(H,63,64)(H,65,66);5-6,8,17H,3-4,7H2,1-2H3;;/q;;2*+1/p-2. The molecule has 0 saturated heterocycles. The number of carbonyl (C=O) groups is 4. The second-order valence-electron chi connectivity index (χ2n) is 25.9. The molecule has 0 bridgehead atoms. The number of phosphoric acid groups is 2. The van der Waals surface area contributed by atoms with Crippen LogP contribution in [0.25, 0.3) is 11.0 Å². The van der Waals surface area contributed by atoms with Crippen LogP contribution in [0, 0.1) is 12.8 Å². The number of esters is 4. The van der Waals surface area contributed by atoms with Crippen LogP contribution in [0.5, 0.6) is 11.5 Å². The molecule has 0 spiro atoms. The molecule has 2 heterocycles. The Labute approximate surface area is 626 Å². The number of phenolic OH excluding ortho intramolecular Hbond substituents is 1. The number of ether oxygens (including phenoxy) is 5. The van der Waals surface area contributed by atoms with Crippen LogP contribution in [0.1, 0.15) is 309 Å². The van der Waals surface area contributed by atoms with Crippen LogP contribution in [-0.2, 0) is 71.8 Å². The number of hydrogen-bond donors (Lipinski definition) is 2. The van der Waals surface area contributed by atoms with Crippen molar-refractivity contribution in [3.63, 3.8) is 0 Å². The molecule has 0 aliphatic carbocycles. The van der Waals surface area contributed by atoms with Gasteiger partial charge in [-0.1, -0.05) is 240 Å². The average Bonchev–Trinajstić information content (AvgIpc) is 1.67. The summed E-state index contributed by atoms with van der Waals surface area (Å²) in [5.41, 5.74) is 0.889. The molecule has 1 aliphatic rings. The largest absolute Gasteiger partial charge is 1.00 e. The summed E-state index contributed by atoms with van der Waals surface area (Å²) in [5.74, 6) is -0.646. The molecule has 0 radical (unpaired) electrons. The van der Waals surface area contributed by atoms with Gasteiger partial charge in [0.1, 0.15) is 47.5 Å². The summed E-state index contributed by atoms with van der Waals surface area (Å²) in [5, 5.41) is 21.0. The minimum absolute atomic E-state index is 0. The van der Waals surface area contributed by atoms with Gasteiger partial charge in [-0.05, 0) is 51.4 Å². The Morgan fingerprint density at radius 1 is 0.505 bits per heavy atom. The summed E-state index contributed by atoms with van der Waals surface area (Å²) in [4.78, 5) is 88.2. The molecule has 0 amide bonds.